The largest absolute Gasteiger partial charge is 0.0844 e. The van der Waals surface area contributed by atoms with Crippen molar-refractivity contribution in [2.24, 2.45) is 0 Å². The maximum Gasteiger partial charge on any atom is 0.0377 e. The molecule has 2 heteroatoms. The Morgan fingerprint density at radius 1 is 1.10 bits per heavy atom. The molecule has 0 radical (unpaired) electrons. The van der Waals surface area contributed by atoms with Crippen LogP contribution in [0.4, 0.5) is 0 Å². The van der Waals surface area contributed by atoms with Gasteiger partial charge < -0.3 is 0 Å². The maximum atomic E-state index is 3.72. The van der Waals surface area contributed by atoms with Gasteiger partial charge in [-0.15, -0.1) is 0 Å². The summed E-state index contributed by atoms with van der Waals surface area (Å²) in [5.74, 6) is 0. The van der Waals surface area contributed by atoms with Crippen molar-refractivity contribution in [2.75, 3.05) is 0 Å². The molecule has 0 aliphatic rings. The first-order valence-electron chi connectivity index (χ1n) is 3.69. The number of halogens is 2. The Morgan fingerprint density at radius 2 is 1.50 bits per heavy atom. The highest BCUT2D eigenvalue weighted by Gasteiger charge is 2.35. The summed E-state index contributed by atoms with van der Waals surface area (Å²) in [6.07, 6.45) is 2.42. The molecule has 0 aromatic carbocycles. The molecule has 0 rings (SSSR count). The van der Waals surface area contributed by atoms with E-state index in [0.717, 1.165) is 0 Å². The van der Waals surface area contributed by atoms with E-state index in [-0.39, 0.29) is 8.65 Å². The van der Waals surface area contributed by atoms with Crippen LogP contribution in [0.5, 0.6) is 0 Å². The molecule has 1 unspecified atom stereocenters. The summed E-state index contributed by atoms with van der Waals surface area (Å²) in [7, 11) is 0. The molecule has 0 spiro atoms. The molecule has 0 aliphatic heterocycles. The van der Waals surface area contributed by atoms with Crippen molar-refractivity contribution in [1.29, 1.82) is 0 Å². The zero-order chi connectivity index (χ0) is 8.41. The van der Waals surface area contributed by atoms with Crippen LogP contribution >= 0.6 is 31.9 Å². The minimum atomic E-state index is 0.177. The van der Waals surface area contributed by atoms with Gasteiger partial charge in [0.15, 0.2) is 0 Å². The Hall–Kier alpha value is 0.960. The van der Waals surface area contributed by atoms with Gasteiger partial charge in [0.05, 0.1) is 0 Å². The van der Waals surface area contributed by atoms with Crippen molar-refractivity contribution in [3.8, 4) is 0 Å². The second kappa shape index (κ2) is 3.57. The predicted octanol–water partition coefficient (Wildman–Crippen LogP) is 4.11. The molecule has 0 fully saturated rings. The summed E-state index contributed by atoms with van der Waals surface area (Å²) < 4.78 is 0.394. The van der Waals surface area contributed by atoms with Gasteiger partial charge in [0.1, 0.15) is 0 Å². The van der Waals surface area contributed by atoms with Gasteiger partial charge in [-0.3, -0.25) is 0 Å². The van der Waals surface area contributed by atoms with Crippen molar-refractivity contribution in [2.45, 2.75) is 49.2 Å². The molecule has 0 N–H and O–H groups in total. The van der Waals surface area contributed by atoms with Crippen LogP contribution in [-0.4, -0.2) is 8.65 Å². The Balaban J connectivity index is 4.10. The molecule has 0 saturated heterocycles. The van der Waals surface area contributed by atoms with Gasteiger partial charge in [0, 0.05) is 8.65 Å². The standard InChI is InChI=1S/C8H16Br2/c1-5-6-8(4,10)7(2,3)9/h5-6H2,1-4H3. The topological polar surface area (TPSA) is 0 Å². The number of hydrogen-bond donors (Lipinski definition) is 0. The molecule has 0 aliphatic carbocycles. The summed E-state index contributed by atoms with van der Waals surface area (Å²) in [5, 5.41) is 0. The maximum absolute atomic E-state index is 3.72. The molecular weight excluding hydrogens is 256 g/mol. The molecule has 62 valence electrons. The molecular formula is C8H16Br2. The van der Waals surface area contributed by atoms with Gasteiger partial charge in [-0.25, -0.2) is 0 Å². The lowest BCUT2D eigenvalue weighted by atomic mass is 9.93. The van der Waals surface area contributed by atoms with Crippen LogP contribution in [0.3, 0.4) is 0 Å². The lowest BCUT2D eigenvalue weighted by Crippen LogP contribution is -2.36. The summed E-state index contributed by atoms with van der Waals surface area (Å²) in [6, 6.07) is 0. The predicted molar refractivity (Wildman–Crippen MR) is 55.2 cm³/mol. The van der Waals surface area contributed by atoms with E-state index in [1.807, 2.05) is 0 Å². The van der Waals surface area contributed by atoms with Crippen LogP contribution in [0, 0.1) is 0 Å². The van der Waals surface area contributed by atoms with Crippen LogP contribution in [0.15, 0.2) is 0 Å². The molecule has 0 saturated carbocycles. The van der Waals surface area contributed by atoms with E-state index < -0.39 is 0 Å². The quantitative estimate of drug-likeness (QED) is 0.678. The van der Waals surface area contributed by atoms with Crippen LogP contribution in [0.2, 0.25) is 0 Å². The summed E-state index contributed by atoms with van der Waals surface area (Å²) in [4.78, 5) is 0. The molecule has 0 aromatic heterocycles. The first-order chi connectivity index (χ1) is 4.31. The number of alkyl halides is 2. The summed E-state index contributed by atoms with van der Waals surface area (Å²) in [6.45, 7) is 8.82. The number of rotatable bonds is 3. The zero-order valence-corrected chi connectivity index (χ0v) is 10.3. The SMILES string of the molecule is CCCC(C)(Br)C(C)(C)Br. The van der Waals surface area contributed by atoms with Crippen LogP contribution in [0.25, 0.3) is 0 Å². The minimum Gasteiger partial charge on any atom is -0.0844 e. The first kappa shape index (κ1) is 11.0. The Morgan fingerprint density at radius 3 is 1.60 bits per heavy atom. The number of hydrogen-bond acceptors (Lipinski definition) is 0. The Bertz CT molecular complexity index is 100. The van der Waals surface area contributed by atoms with Crippen LogP contribution in [-0.2, 0) is 0 Å². The van der Waals surface area contributed by atoms with E-state index in [4.69, 9.17) is 0 Å². The van der Waals surface area contributed by atoms with Gasteiger partial charge in [-0.1, -0.05) is 45.2 Å². The zero-order valence-electron chi connectivity index (χ0n) is 7.17. The fourth-order valence-electron chi connectivity index (χ4n) is 0.767. The molecule has 0 aromatic rings. The van der Waals surface area contributed by atoms with Crippen molar-refractivity contribution in [1.82, 2.24) is 0 Å². The van der Waals surface area contributed by atoms with Crippen molar-refractivity contribution in [3.63, 3.8) is 0 Å². The highest BCUT2D eigenvalue weighted by atomic mass is 79.9. The average molecular weight is 272 g/mol. The third kappa shape index (κ3) is 2.91. The van der Waals surface area contributed by atoms with Crippen molar-refractivity contribution < 1.29 is 0 Å². The second-order valence-electron chi connectivity index (χ2n) is 3.42. The molecule has 10 heavy (non-hydrogen) atoms. The van der Waals surface area contributed by atoms with Gasteiger partial charge >= 0.3 is 0 Å². The fourth-order valence-corrected chi connectivity index (χ4v) is 1.36. The van der Waals surface area contributed by atoms with E-state index in [9.17, 15) is 0 Å². The molecule has 0 heterocycles. The highest BCUT2D eigenvalue weighted by Crippen LogP contribution is 2.40. The minimum absolute atomic E-state index is 0.177. The van der Waals surface area contributed by atoms with E-state index >= 15 is 0 Å². The average Bonchev–Trinajstić information content (AvgIpc) is 1.61. The normalized spacial score (nSPS) is 18.6. The molecule has 0 nitrogen and oxygen atoms in total. The third-order valence-electron chi connectivity index (χ3n) is 1.96. The van der Waals surface area contributed by atoms with Gasteiger partial charge in [0.25, 0.3) is 0 Å². The molecule has 1 atom stereocenters. The fraction of sp³-hybridized carbons (Fsp3) is 1.00. The van der Waals surface area contributed by atoms with E-state index in [1.165, 1.54) is 12.8 Å². The molecule has 0 amide bonds. The Kier molecular flexibility index (Phi) is 3.92. The van der Waals surface area contributed by atoms with Crippen LogP contribution in [0.1, 0.15) is 40.5 Å². The van der Waals surface area contributed by atoms with E-state index in [0.29, 0.717) is 0 Å². The van der Waals surface area contributed by atoms with Gasteiger partial charge in [-0.2, -0.15) is 0 Å². The lowest BCUT2D eigenvalue weighted by molar-refractivity contribution is 0.492. The van der Waals surface area contributed by atoms with E-state index in [1.54, 1.807) is 0 Å². The monoisotopic (exact) mass is 270 g/mol. The lowest BCUT2D eigenvalue weighted by Gasteiger charge is -2.34. The smallest absolute Gasteiger partial charge is 0.0377 e. The summed E-state index contributed by atoms with van der Waals surface area (Å²) >= 11 is 7.37. The van der Waals surface area contributed by atoms with Gasteiger partial charge in [0.2, 0.25) is 0 Å². The second-order valence-corrected chi connectivity index (χ2v) is 7.15. The van der Waals surface area contributed by atoms with Gasteiger partial charge in [-0.05, 0) is 27.2 Å². The Labute approximate surface area is 81.0 Å². The van der Waals surface area contributed by atoms with Crippen molar-refractivity contribution >= 4 is 31.9 Å². The summed E-state index contributed by atoms with van der Waals surface area (Å²) in [5.41, 5.74) is 0. The highest BCUT2D eigenvalue weighted by molar-refractivity contribution is 9.13. The first-order valence-corrected chi connectivity index (χ1v) is 5.27. The van der Waals surface area contributed by atoms with Crippen LogP contribution < -0.4 is 0 Å². The molecule has 0 bridgehead atoms. The third-order valence-corrected chi connectivity index (χ3v) is 4.75. The van der Waals surface area contributed by atoms with E-state index in [2.05, 4.69) is 59.6 Å². The van der Waals surface area contributed by atoms with Crippen molar-refractivity contribution in [3.05, 3.63) is 0 Å².